The van der Waals surface area contributed by atoms with Crippen LogP contribution in [0.2, 0.25) is 0 Å². The summed E-state index contributed by atoms with van der Waals surface area (Å²) in [6.45, 7) is 10.7. The highest BCUT2D eigenvalue weighted by Gasteiger charge is 2.03. The highest BCUT2D eigenvalue weighted by molar-refractivity contribution is 5.23. The van der Waals surface area contributed by atoms with Gasteiger partial charge in [-0.05, 0) is 31.5 Å². The Hall–Kier alpha value is -0.820. The van der Waals surface area contributed by atoms with Gasteiger partial charge < -0.3 is 5.32 Å². The fourth-order valence-electron chi connectivity index (χ4n) is 1.10. The van der Waals surface area contributed by atoms with Crippen LogP contribution < -0.4 is 5.32 Å². The lowest BCUT2D eigenvalue weighted by atomic mass is 9.97. The Balaban J connectivity index is 0. The van der Waals surface area contributed by atoms with Gasteiger partial charge in [0.15, 0.2) is 0 Å². The summed E-state index contributed by atoms with van der Waals surface area (Å²) in [7, 11) is 1.97. The summed E-state index contributed by atoms with van der Waals surface area (Å²) >= 11 is 0. The van der Waals surface area contributed by atoms with E-state index in [4.69, 9.17) is 0 Å². The first-order chi connectivity index (χ1) is 5.76. The number of nitrogens with one attached hydrogen (secondary N) is 1. The Labute approximate surface area is 77.4 Å². The number of allylic oxidation sites excluding steroid dienone is 4. The first kappa shape index (κ1) is 11.2. The van der Waals surface area contributed by atoms with Crippen LogP contribution in [0.5, 0.6) is 0 Å². The second-order valence-corrected chi connectivity index (χ2v) is 2.90. The molecule has 0 heterocycles. The van der Waals surface area contributed by atoms with Crippen LogP contribution in [0.3, 0.4) is 0 Å². The molecule has 70 valence electrons. The molecule has 0 saturated heterocycles. The number of hydrogen-bond acceptors (Lipinski definition) is 1. The molecule has 1 heteroatoms. The quantitative estimate of drug-likeness (QED) is 0.600. The standard InChI is InChI=1S/C11H19N.H2/c1-5-7-11(6-2)10(3)8-9-12-4;/h5-7,10,12H,1-2,8-9H2,3-4H3;1H/b11-7+;. The Bertz CT molecular complexity index is 173. The summed E-state index contributed by atoms with van der Waals surface area (Å²) in [5.41, 5.74) is 1.26. The van der Waals surface area contributed by atoms with Crippen molar-refractivity contribution < 1.29 is 1.43 Å². The predicted molar refractivity (Wildman–Crippen MR) is 58.3 cm³/mol. The van der Waals surface area contributed by atoms with E-state index in [9.17, 15) is 0 Å². The van der Waals surface area contributed by atoms with Crippen molar-refractivity contribution in [3.8, 4) is 0 Å². The summed E-state index contributed by atoms with van der Waals surface area (Å²) in [5.74, 6) is 0.563. The first-order valence-electron chi connectivity index (χ1n) is 4.36. The van der Waals surface area contributed by atoms with Crippen LogP contribution in [0.1, 0.15) is 14.8 Å². The van der Waals surface area contributed by atoms with Crippen molar-refractivity contribution in [3.05, 3.63) is 37.0 Å². The molecule has 0 saturated carbocycles. The summed E-state index contributed by atoms with van der Waals surface area (Å²) in [4.78, 5) is 0. The van der Waals surface area contributed by atoms with Gasteiger partial charge in [0.05, 0.1) is 0 Å². The van der Waals surface area contributed by atoms with Crippen molar-refractivity contribution in [2.75, 3.05) is 13.6 Å². The zero-order chi connectivity index (χ0) is 9.40. The highest BCUT2D eigenvalue weighted by atomic mass is 14.8. The molecule has 0 aliphatic rings. The smallest absolute Gasteiger partial charge is 0 e. The van der Waals surface area contributed by atoms with Crippen LogP contribution >= 0.6 is 0 Å². The van der Waals surface area contributed by atoms with Crippen LogP contribution in [0.4, 0.5) is 0 Å². The Morgan fingerprint density at radius 1 is 1.58 bits per heavy atom. The third-order valence-corrected chi connectivity index (χ3v) is 1.94. The average molecular weight is 167 g/mol. The maximum Gasteiger partial charge on any atom is 0 e. The van der Waals surface area contributed by atoms with Gasteiger partial charge in [-0.15, -0.1) is 0 Å². The van der Waals surface area contributed by atoms with E-state index >= 15 is 0 Å². The molecule has 0 rings (SSSR count). The molecule has 1 N–H and O–H groups in total. The number of rotatable bonds is 6. The maximum atomic E-state index is 3.77. The summed E-state index contributed by atoms with van der Waals surface area (Å²) in [6.07, 6.45) is 6.88. The van der Waals surface area contributed by atoms with Crippen molar-refractivity contribution >= 4 is 0 Å². The zero-order valence-electron chi connectivity index (χ0n) is 8.14. The SMILES string of the molecule is C=C/C=C(\C=C)C(C)CCNC.[HH]. The van der Waals surface area contributed by atoms with Crippen molar-refractivity contribution in [3.63, 3.8) is 0 Å². The third-order valence-electron chi connectivity index (χ3n) is 1.94. The van der Waals surface area contributed by atoms with E-state index < -0.39 is 0 Å². The minimum Gasteiger partial charge on any atom is -0.320 e. The number of hydrogen-bond donors (Lipinski definition) is 1. The fraction of sp³-hybridized carbons (Fsp3) is 0.455. The molecule has 0 aromatic rings. The Morgan fingerprint density at radius 2 is 2.25 bits per heavy atom. The molecule has 0 radical (unpaired) electrons. The second kappa shape index (κ2) is 6.86. The molecule has 0 aliphatic carbocycles. The topological polar surface area (TPSA) is 12.0 Å². The monoisotopic (exact) mass is 167 g/mol. The van der Waals surface area contributed by atoms with Crippen LogP contribution in [0.25, 0.3) is 0 Å². The normalized spacial score (nSPS) is 14.0. The van der Waals surface area contributed by atoms with Gasteiger partial charge in [0.1, 0.15) is 0 Å². The van der Waals surface area contributed by atoms with Crippen LogP contribution in [0.15, 0.2) is 37.0 Å². The minimum atomic E-state index is 0. The van der Waals surface area contributed by atoms with Crippen molar-refractivity contribution in [1.82, 2.24) is 5.32 Å². The second-order valence-electron chi connectivity index (χ2n) is 2.90. The van der Waals surface area contributed by atoms with Gasteiger partial charge in [-0.1, -0.05) is 38.3 Å². The van der Waals surface area contributed by atoms with Gasteiger partial charge in [-0.3, -0.25) is 0 Å². The van der Waals surface area contributed by atoms with Crippen LogP contribution in [-0.2, 0) is 0 Å². The van der Waals surface area contributed by atoms with E-state index in [0.717, 1.165) is 13.0 Å². The molecule has 1 nitrogen and oxygen atoms in total. The van der Waals surface area contributed by atoms with Crippen LogP contribution in [0, 0.1) is 5.92 Å². The summed E-state index contributed by atoms with van der Waals surface area (Å²) in [6, 6.07) is 0. The molecule has 0 spiro atoms. The molecule has 1 atom stereocenters. The largest absolute Gasteiger partial charge is 0.320 e. The van der Waals surface area contributed by atoms with Crippen LogP contribution in [-0.4, -0.2) is 13.6 Å². The maximum absolute atomic E-state index is 3.77. The van der Waals surface area contributed by atoms with Gasteiger partial charge >= 0.3 is 0 Å². The minimum absolute atomic E-state index is 0. The molecule has 0 bridgehead atoms. The molecule has 12 heavy (non-hydrogen) atoms. The molecule has 0 aromatic carbocycles. The van der Waals surface area contributed by atoms with Gasteiger partial charge in [0.2, 0.25) is 0 Å². The zero-order valence-corrected chi connectivity index (χ0v) is 8.14. The lowest BCUT2D eigenvalue weighted by Crippen LogP contribution is -2.12. The van der Waals surface area contributed by atoms with Gasteiger partial charge in [0.25, 0.3) is 0 Å². The van der Waals surface area contributed by atoms with E-state index in [2.05, 4.69) is 25.4 Å². The predicted octanol–water partition coefficient (Wildman–Crippen LogP) is 2.78. The first-order valence-corrected chi connectivity index (χ1v) is 4.36. The fourth-order valence-corrected chi connectivity index (χ4v) is 1.10. The lowest BCUT2D eigenvalue weighted by Gasteiger charge is -2.11. The molecule has 0 aromatic heterocycles. The summed E-state index contributed by atoms with van der Waals surface area (Å²) in [5, 5.41) is 3.13. The van der Waals surface area contributed by atoms with E-state index in [1.807, 2.05) is 25.3 Å². The van der Waals surface area contributed by atoms with E-state index in [1.165, 1.54) is 5.57 Å². The van der Waals surface area contributed by atoms with Crippen molar-refractivity contribution in [2.45, 2.75) is 13.3 Å². The van der Waals surface area contributed by atoms with Crippen molar-refractivity contribution in [1.29, 1.82) is 0 Å². The Kier molecular flexibility index (Phi) is 6.39. The summed E-state index contributed by atoms with van der Waals surface area (Å²) < 4.78 is 0. The molecule has 0 fully saturated rings. The van der Waals surface area contributed by atoms with Crippen molar-refractivity contribution in [2.24, 2.45) is 5.92 Å². The molecule has 0 amide bonds. The highest BCUT2D eigenvalue weighted by Crippen LogP contribution is 2.14. The average Bonchev–Trinajstić information content (AvgIpc) is 2.10. The molecular weight excluding hydrogens is 146 g/mol. The third kappa shape index (κ3) is 4.14. The molecule has 0 aliphatic heterocycles. The molecule has 1 unspecified atom stereocenters. The van der Waals surface area contributed by atoms with E-state index in [-0.39, 0.29) is 1.43 Å². The Morgan fingerprint density at radius 3 is 2.67 bits per heavy atom. The van der Waals surface area contributed by atoms with E-state index in [0.29, 0.717) is 5.92 Å². The lowest BCUT2D eigenvalue weighted by molar-refractivity contribution is 0.594. The van der Waals surface area contributed by atoms with E-state index in [1.54, 1.807) is 0 Å². The van der Waals surface area contributed by atoms with Gasteiger partial charge in [-0.2, -0.15) is 0 Å². The van der Waals surface area contributed by atoms with Gasteiger partial charge in [-0.25, -0.2) is 0 Å². The molecular formula is C11H21N. The van der Waals surface area contributed by atoms with Gasteiger partial charge in [0, 0.05) is 1.43 Å².